The first-order valence-corrected chi connectivity index (χ1v) is 7.94. The summed E-state index contributed by atoms with van der Waals surface area (Å²) in [7, 11) is 3.36. The number of methoxy groups -OCH3 is 2. The van der Waals surface area contributed by atoms with Crippen molar-refractivity contribution in [2.75, 3.05) is 27.3 Å². The summed E-state index contributed by atoms with van der Waals surface area (Å²) in [5, 5.41) is 0. The second-order valence-electron chi connectivity index (χ2n) is 5.97. The molecule has 2 heterocycles. The zero-order valence-corrected chi connectivity index (χ0v) is 14.0. The molecule has 3 rings (SSSR count). The smallest absolute Gasteiger partial charge is 0.220 e. The maximum atomic E-state index is 5.38. The van der Waals surface area contributed by atoms with Crippen molar-refractivity contribution in [3.63, 3.8) is 0 Å². The van der Waals surface area contributed by atoms with Crippen LogP contribution in [0, 0.1) is 0 Å². The van der Waals surface area contributed by atoms with Gasteiger partial charge in [0.2, 0.25) is 5.88 Å². The number of aromatic nitrogens is 2. The van der Waals surface area contributed by atoms with Gasteiger partial charge in [0.1, 0.15) is 12.1 Å². The third-order valence-corrected chi connectivity index (χ3v) is 4.45. The SMILES string of the molecule is COc1ccc([C@H](C)CN2CCc3ncnc(OC)c3C2)cc1. The minimum absolute atomic E-state index is 0.457. The summed E-state index contributed by atoms with van der Waals surface area (Å²) in [6.07, 6.45) is 2.54. The predicted molar refractivity (Wildman–Crippen MR) is 89.0 cm³/mol. The molecule has 1 aromatic carbocycles. The molecule has 5 nitrogen and oxygen atoms in total. The van der Waals surface area contributed by atoms with E-state index in [-0.39, 0.29) is 0 Å². The Bertz CT molecular complexity index is 644. The predicted octanol–water partition coefficient (Wildman–Crippen LogP) is 2.66. The Morgan fingerprint density at radius 3 is 2.61 bits per heavy atom. The van der Waals surface area contributed by atoms with Crippen molar-refractivity contribution in [3.8, 4) is 11.6 Å². The van der Waals surface area contributed by atoms with E-state index in [1.165, 1.54) is 5.56 Å². The monoisotopic (exact) mass is 313 g/mol. The molecule has 0 spiro atoms. The second kappa shape index (κ2) is 6.96. The van der Waals surface area contributed by atoms with Crippen LogP contribution in [-0.2, 0) is 13.0 Å². The van der Waals surface area contributed by atoms with E-state index in [0.717, 1.165) is 43.1 Å². The molecular weight excluding hydrogens is 290 g/mol. The molecular formula is C18H23N3O2. The van der Waals surface area contributed by atoms with Gasteiger partial charge in [0.15, 0.2) is 0 Å². The lowest BCUT2D eigenvalue weighted by Crippen LogP contribution is -2.34. The van der Waals surface area contributed by atoms with Gasteiger partial charge in [-0.2, -0.15) is 0 Å². The molecule has 0 N–H and O–H groups in total. The number of hydrogen-bond acceptors (Lipinski definition) is 5. The molecule has 1 aromatic heterocycles. The van der Waals surface area contributed by atoms with E-state index in [1.807, 2.05) is 12.1 Å². The van der Waals surface area contributed by atoms with Gasteiger partial charge in [-0.25, -0.2) is 9.97 Å². The van der Waals surface area contributed by atoms with Gasteiger partial charge >= 0.3 is 0 Å². The van der Waals surface area contributed by atoms with Crippen molar-refractivity contribution < 1.29 is 9.47 Å². The molecule has 2 aromatic rings. The molecule has 23 heavy (non-hydrogen) atoms. The first-order valence-electron chi connectivity index (χ1n) is 7.94. The van der Waals surface area contributed by atoms with Crippen molar-refractivity contribution in [1.82, 2.24) is 14.9 Å². The minimum Gasteiger partial charge on any atom is -0.497 e. The number of nitrogens with zero attached hydrogens (tertiary/aromatic N) is 3. The van der Waals surface area contributed by atoms with Crippen LogP contribution in [0.5, 0.6) is 11.6 Å². The van der Waals surface area contributed by atoms with Gasteiger partial charge in [-0.15, -0.1) is 0 Å². The molecule has 0 radical (unpaired) electrons. The van der Waals surface area contributed by atoms with Gasteiger partial charge in [0.25, 0.3) is 0 Å². The molecule has 1 aliphatic rings. The average Bonchev–Trinajstić information content (AvgIpc) is 2.61. The van der Waals surface area contributed by atoms with Gasteiger partial charge in [-0.3, -0.25) is 4.90 Å². The lowest BCUT2D eigenvalue weighted by molar-refractivity contribution is 0.233. The zero-order valence-electron chi connectivity index (χ0n) is 14.0. The van der Waals surface area contributed by atoms with Crippen LogP contribution in [0.25, 0.3) is 0 Å². The highest BCUT2D eigenvalue weighted by molar-refractivity contribution is 5.32. The molecule has 122 valence electrons. The van der Waals surface area contributed by atoms with Gasteiger partial charge in [-0.05, 0) is 23.6 Å². The van der Waals surface area contributed by atoms with Crippen LogP contribution in [0.1, 0.15) is 29.7 Å². The fourth-order valence-corrected chi connectivity index (χ4v) is 3.13. The van der Waals surface area contributed by atoms with Crippen LogP contribution < -0.4 is 9.47 Å². The van der Waals surface area contributed by atoms with E-state index in [0.29, 0.717) is 11.8 Å². The molecule has 1 aliphatic heterocycles. The Kier molecular flexibility index (Phi) is 4.76. The van der Waals surface area contributed by atoms with E-state index in [4.69, 9.17) is 9.47 Å². The van der Waals surface area contributed by atoms with Crippen LogP contribution in [-0.4, -0.2) is 42.2 Å². The minimum atomic E-state index is 0.457. The molecule has 0 amide bonds. The molecule has 5 heteroatoms. The Hall–Kier alpha value is -2.14. The largest absolute Gasteiger partial charge is 0.497 e. The first kappa shape index (κ1) is 15.7. The Labute approximate surface area is 137 Å². The van der Waals surface area contributed by atoms with Crippen LogP contribution in [0.3, 0.4) is 0 Å². The topological polar surface area (TPSA) is 47.5 Å². The maximum Gasteiger partial charge on any atom is 0.220 e. The number of hydrogen-bond donors (Lipinski definition) is 0. The van der Waals surface area contributed by atoms with Gasteiger partial charge in [0, 0.05) is 31.6 Å². The molecule has 0 fully saturated rings. The Balaban J connectivity index is 1.68. The summed E-state index contributed by atoms with van der Waals surface area (Å²) in [6.45, 7) is 5.13. The summed E-state index contributed by atoms with van der Waals surface area (Å²) in [4.78, 5) is 11.1. The number of rotatable bonds is 5. The van der Waals surface area contributed by atoms with Crippen molar-refractivity contribution >= 4 is 0 Å². The fourth-order valence-electron chi connectivity index (χ4n) is 3.13. The third-order valence-electron chi connectivity index (χ3n) is 4.45. The maximum absolute atomic E-state index is 5.38. The lowest BCUT2D eigenvalue weighted by Gasteiger charge is -2.30. The molecule has 0 unspecified atom stereocenters. The normalized spacial score (nSPS) is 15.8. The second-order valence-corrected chi connectivity index (χ2v) is 5.97. The van der Waals surface area contributed by atoms with E-state index in [2.05, 4.69) is 33.9 Å². The fraction of sp³-hybridized carbons (Fsp3) is 0.444. The van der Waals surface area contributed by atoms with Crippen LogP contribution in [0.4, 0.5) is 0 Å². The summed E-state index contributed by atoms with van der Waals surface area (Å²) < 4.78 is 10.6. The molecule has 0 bridgehead atoms. The van der Waals surface area contributed by atoms with E-state index >= 15 is 0 Å². The molecule has 1 atom stereocenters. The van der Waals surface area contributed by atoms with Crippen LogP contribution >= 0.6 is 0 Å². The van der Waals surface area contributed by atoms with Crippen molar-refractivity contribution in [1.29, 1.82) is 0 Å². The third kappa shape index (κ3) is 3.45. The number of ether oxygens (including phenoxy) is 2. The lowest BCUT2D eigenvalue weighted by atomic mass is 9.98. The van der Waals surface area contributed by atoms with Crippen molar-refractivity contribution in [3.05, 3.63) is 47.4 Å². The summed E-state index contributed by atoms with van der Waals surface area (Å²) >= 11 is 0. The average molecular weight is 313 g/mol. The molecule has 0 saturated heterocycles. The van der Waals surface area contributed by atoms with E-state index < -0.39 is 0 Å². The zero-order chi connectivity index (χ0) is 16.2. The summed E-state index contributed by atoms with van der Waals surface area (Å²) in [5.41, 5.74) is 3.57. The van der Waals surface area contributed by atoms with Gasteiger partial charge in [-0.1, -0.05) is 19.1 Å². The van der Waals surface area contributed by atoms with Crippen LogP contribution in [0.15, 0.2) is 30.6 Å². The number of benzene rings is 1. The summed E-state index contributed by atoms with van der Waals surface area (Å²) in [5.74, 6) is 2.06. The highest BCUT2D eigenvalue weighted by Crippen LogP contribution is 2.27. The number of fused-ring (bicyclic) bond motifs is 1. The molecule has 0 saturated carbocycles. The molecule has 0 aliphatic carbocycles. The summed E-state index contributed by atoms with van der Waals surface area (Å²) in [6, 6.07) is 8.33. The quantitative estimate of drug-likeness (QED) is 0.849. The van der Waals surface area contributed by atoms with Gasteiger partial charge in [0.05, 0.1) is 19.9 Å². The van der Waals surface area contributed by atoms with Crippen molar-refractivity contribution in [2.45, 2.75) is 25.8 Å². The standard InChI is InChI=1S/C18H23N3O2/c1-13(14-4-6-15(22-2)7-5-14)10-21-9-8-17-16(11-21)18(23-3)20-12-19-17/h4-7,12-13H,8-11H2,1-3H3/t13-/m1/s1. The van der Waals surface area contributed by atoms with Crippen molar-refractivity contribution in [2.24, 2.45) is 0 Å². The Morgan fingerprint density at radius 2 is 1.91 bits per heavy atom. The first-order chi connectivity index (χ1) is 11.2. The van der Waals surface area contributed by atoms with E-state index in [1.54, 1.807) is 20.5 Å². The van der Waals surface area contributed by atoms with Crippen LogP contribution in [0.2, 0.25) is 0 Å². The highest BCUT2D eigenvalue weighted by Gasteiger charge is 2.23. The van der Waals surface area contributed by atoms with Gasteiger partial charge < -0.3 is 9.47 Å². The highest BCUT2D eigenvalue weighted by atomic mass is 16.5. The van der Waals surface area contributed by atoms with E-state index in [9.17, 15) is 0 Å². The Morgan fingerprint density at radius 1 is 1.13 bits per heavy atom.